The summed E-state index contributed by atoms with van der Waals surface area (Å²) in [7, 11) is -3.97. The van der Waals surface area contributed by atoms with E-state index in [4.69, 9.17) is 9.88 Å². The van der Waals surface area contributed by atoms with E-state index in [0.29, 0.717) is 5.75 Å². The van der Waals surface area contributed by atoms with Crippen LogP contribution in [0.5, 0.6) is 5.75 Å². The smallest absolute Gasteiger partial charge is 0.321 e. The van der Waals surface area contributed by atoms with E-state index < -0.39 is 10.2 Å². The van der Waals surface area contributed by atoms with Crippen molar-refractivity contribution in [3.63, 3.8) is 0 Å². The summed E-state index contributed by atoms with van der Waals surface area (Å²) in [5.41, 5.74) is 0. The number of benzene rings is 1. The normalized spacial score (nSPS) is 17.3. The Bertz CT molecular complexity index is 537. The second-order valence-electron chi connectivity index (χ2n) is 4.35. The van der Waals surface area contributed by atoms with E-state index in [1.807, 2.05) is 6.07 Å². The van der Waals surface area contributed by atoms with Gasteiger partial charge in [-0.05, 0) is 31.4 Å². The topological polar surface area (TPSA) is 85.0 Å². The number of nitrogens with zero attached hydrogens (tertiary/aromatic N) is 2. The molecule has 1 heterocycles. The zero-order valence-corrected chi connectivity index (χ0v) is 11.3. The molecule has 1 aliphatic rings. The van der Waals surface area contributed by atoms with Crippen LogP contribution in [-0.4, -0.2) is 32.4 Å². The summed E-state index contributed by atoms with van der Waals surface area (Å²) in [5, 5.41) is 4.97. The summed E-state index contributed by atoms with van der Waals surface area (Å²) in [6.07, 6.45) is 3.11. The Hall–Kier alpha value is -1.60. The molecule has 0 unspecified atom stereocenters. The molecule has 7 heteroatoms. The predicted molar refractivity (Wildman–Crippen MR) is 73.0 cm³/mol. The van der Waals surface area contributed by atoms with Gasteiger partial charge >= 0.3 is 16.2 Å². The molecule has 0 spiro atoms. The first-order valence-electron chi connectivity index (χ1n) is 6.15. The average Bonchev–Trinajstić information content (AvgIpc) is 2.39. The first kappa shape index (κ1) is 13.8. The molecule has 0 aliphatic carbocycles. The SMILES string of the molecule is NS(=O)(=O)/N=C(/Oc1ccccc1)N1CCCCC1. The summed E-state index contributed by atoms with van der Waals surface area (Å²) < 4.78 is 31.4. The Morgan fingerprint density at radius 3 is 2.37 bits per heavy atom. The summed E-state index contributed by atoms with van der Waals surface area (Å²) in [4.78, 5) is 1.81. The van der Waals surface area contributed by atoms with Crippen LogP contribution in [-0.2, 0) is 10.2 Å². The molecule has 1 aliphatic heterocycles. The largest absolute Gasteiger partial charge is 0.425 e. The van der Waals surface area contributed by atoms with Gasteiger partial charge in [-0.25, -0.2) is 5.14 Å². The number of hydrogen-bond acceptors (Lipinski definition) is 3. The maximum Gasteiger partial charge on any atom is 0.321 e. The van der Waals surface area contributed by atoms with Crippen molar-refractivity contribution in [3.8, 4) is 5.75 Å². The van der Waals surface area contributed by atoms with Crippen LogP contribution in [0.3, 0.4) is 0 Å². The van der Waals surface area contributed by atoms with Crippen LogP contribution in [0.25, 0.3) is 0 Å². The van der Waals surface area contributed by atoms with Crippen LogP contribution >= 0.6 is 0 Å². The number of hydrogen-bond donors (Lipinski definition) is 1. The van der Waals surface area contributed by atoms with Gasteiger partial charge in [0.25, 0.3) is 0 Å². The molecule has 2 rings (SSSR count). The highest BCUT2D eigenvalue weighted by atomic mass is 32.2. The Morgan fingerprint density at radius 2 is 1.79 bits per heavy atom. The maximum absolute atomic E-state index is 11.2. The van der Waals surface area contributed by atoms with Crippen LogP contribution in [0, 0.1) is 0 Å². The number of ether oxygens (including phenoxy) is 1. The summed E-state index contributed by atoms with van der Waals surface area (Å²) in [5.74, 6) is 0.537. The van der Waals surface area contributed by atoms with Gasteiger partial charge in [-0.1, -0.05) is 22.6 Å². The lowest BCUT2D eigenvalue weighted by atomic mass is 10.1. The molecule has 1 saturated heterocycles. The summed E-state index contributed by atoms with van der Waals surface area (Å²) in [6.45, 7) is 1.45. The molecule has 19 heavy (non-hydrogen) atoms. The van der Waals surface area contributed by atoms with Crippen molar-refractivity contribution in [3.05, 3.63) is 30.3 Å². The third-order valence-corrected chi connectivity index (χ3v) is 3.19. The fourth-order valence-electron chi connectivity index (χ4n) is 1.93. The lowest BCUT2D eigenvalue weighted by Crippen LogP contribution is -2.39. The van der Waals surface area contributed by atoms with Gasteiger partial charge in [0, 0.05) is 13.1 Å². The van der Waals surface area contributed by atoms with Crippen molar-refractivity contribution in [1.29, 1.82) is 0 Å². The third kappa shape index (κ3) is 4.53. The molecule has 1 aromatic carbocycles. The van der Waals surface area contributed by atoms with E-state index in [1.54, 1.807) is 29.2 Å². The van der Waals surface area contributed by atoms with E-state index in [-0.39, 0.29) is 6.02 Å². The molecular weight excluding hydrogens is 266 g/mol. The van der Waals surface area contributed by atoms with Gasteiger partial charge in [0.2, 0.25) is 0 Å². The minimum atomic E-state index is -3.97. The first-order valence-corrected chi connectivity index (χ1v) is 7.65. The molecule has 1 fully saturated rings. The standard InChI is InChI=1S/C12H17N3O3S/c13-19(16,17)14-12(15-9-5-2-6-10-15)18-11-7-3-1-4-8-11/h1,3-4,7-8H,2,5-6,9-10H2,(H2,13,16,17)/b14-12+. The zero-order chi connectivity index (χ0) is 13.7. The van der Waals surface area contributed by atoms with Crippen LogP contribution in [0.2, 0.25) is 0 Å². The number of likely N-dealkylation sites (tertiary alicyclic amines) is 1. The minimum absolute atomic E-state index is 0.0494. The molecule has 0 bridgehead atoms. The van der Waals surface area contributed by atoms with Crippen molar-refractivity contribution >= 4 is 16.2 Å². The molecule has 0 atom stereocenters. The Balaban J connectivity index is 2.21. The van der Waals surface area contributed by atoms with Gasteiger partial charge in [-0.15, -0.1) is 0 Å². The number of amidine groups is 1. The van der Waals surface area contributed by atoms with Crippen LogP contribution < -0.4 is 9.88 Å². The molecule has 0 amide bonds. The molecule has 104 valence electrons. The monoisotopic (exact) mass is 283 g/mol. The van der Waals surface area contributed by atoms with Crippen LogP contribution in [0.15, 0.2) is 34.7 Å². The molecule has 0 saturated carbocycles. The van der Waals surface area contributed by atoms with E-state index in [1.165, 1.54) is 0 Å². The predicted octanol–water partition coefficient (Wildman–Crippen LogP) is 1.11. The summed E-state index contributed by atoms with van der Waals surface area (Å²) in [6, 6.07) is 8.99. The van der Waals surface area contributed by atoms with Gasteiger partial charge in [0.1, 0.15) is 5.75 Å². The fourth-order valence-corrected chi connectivity index (χ4v) is 2.30. The van der Waals surface area contributed by atoms with Gasteiger partial charge in [0.05, 0.1) is 0 Å². The molecule has 0 radical (unpaired) electrons. The Kier molecular flexibility index (Phi) is 4.39. The van der Waals surface area contributed by atoms with E-state index in [2.05, 4.69) is 4.40 Å². The van der Waals surface area contributed by atoms with Crippen molar-refractivity contribution in [2.75, 3.05) is 13.1 Å². The molecule has 6 nitrogen and oxygen atoms in total. The van der Waals surface area contributed by atoms with E-state index in [9.17, 15) is 8.42 Å². The maximum atomic E-state index is 11.2. The van der Waals surface area contributed by atoms with Crippen LogP contribution in [0.4, 0.5) is 0 Å². The van der Waals surface area contributed by atoms with Crippen molar-refractivity contribution in [2.24, 2.45) is 9.54 Å². The molecule has 2 N–H and O–H groups in total. The fraction of sp³-hybridized carbons (Fsp3) is 0.417. The minimum Gasteiger partial charge on any atom is -0.425 e. The van der Waals surface area contributed by atoms with E-state index in [0.717, 1.165) is 32.4 Å². The van der Waals surface area contributed by atoms with Gasteiger partial charge in [-0.2, -0.15) is 8.42 Å². The molecule has 1 aromatic rings. The number of nitrogens with two attached hydrogens (primary N) is 1. The lowest BCUT2D eigenvalue weighted by molar-refractivity contribution is 0.292. The second-order valence-corrected chi connectivity index (χ2v) is 5.56. The van der Waals surface area contributed by atoms with Crippen LogP contribution in [0.1, 0.15) is 19.3 Å². The lowest BCUT2D eigenvalue weighted by Gasteiger charge is -2.28. The Morgan fingerprint density at radius 1 is 1.16 bits per heavy atom. The Labute approximate surface area is 113 Å². The number of para-hydroxylation sites is 1. The number of piperidine rings is 1. The molecule has 0 aromatic heterocycles. The van der Waals surface area contributed by atoms with E-state index >= 15 is 0 Å². The van der Waals surface area contributed by atoms with Gasteiger partial charge in [0.15, 0.2) is 0 Å². The quantitative estimate of drug-likeness (QED) is 0.651. The third-order valence-electron chi connectivity index (χ3n) is 2.78. The van der Waals surface area contributed by atoms with Gasteiger partial charge < -0.3 is 9.64 Å². The number of rotatable bonds is 2. The summed E-state index contributed by atoms with van der Waals surface area (Å²) >= 11 is 0. The highest BCUT2D eigenvalue weighted by Gasteiger charge is 2.19. The van der Waals surface area contributed by atoms with Crippen molar-refractivity contribution < 1.29 is 13.2 Å². The molecular formula is C12H17N3O3S. The zero-order valence-electron chi connectivity index (χ0n) is 10.5. The highest BCUT2D eigenvalue weighted by molar-refractivity contribution is 7.88. The average molecular weight is 283 g/mol. The van der Waals surface area contributed by atoms with Crippen molar-refractivity contribution in [1.82, 2.24) is 4.90 Å². The highest BCUT2D eigenvalue weighted by Crippen LogP contribution is 2.14. The first-order chi connectivity index (χ1) is 9.04. The van der Waals surface area contributed by atoms with Crippen molar-refractivity contribution in [2.45, 2.75) is 19.3 Å². The van der Waals surface area contributed by atoms with Gasteiger partial charge in [-0.3, -0.25) is 0 Å². The second kappa shape index (κ2) is 6.03.